The first-order valence-corrected chi connectivity index (χ1v) is 18.1. The molecule has 12 nitrogen and oxygen atoms in total. The van der Waals surface area contributed by atoms with Crippen molar-refractivity contribution in [1.29, 1.82) is 0 Å². The van der Waals surface area contributed by atoms with Crippen LogP contribution in [0.2, 0.25) is 0 Å². The van der Waals surface area contributed by atoms with Crippen LogP contribution in [0.25, 0.3) is 33.2 Å². The van der Waals surface area contributed by atoms with Gasteiger partial charge >= 0.3 is 11.8 Å². The minimum atomic E-state index is -0.998. The zero-order valence-corrected chi connectivity index (χ0v) is 30.8. The molecule has 0 aliphatic heterocycles. The number of fused-ring (bicyclic) bond motifs is 2. The van der Waals surface area contributed by atoms with Crippen LogP contribution in [0.1, 0.15) is 83.2 Å². The highest BCUT2D eigenvalue weighted by atomic mass is 16.6. The summed E-state index contributed by atoms with van der Waals surface area (Å²) in [7, 11) is 0. The van der Waals surface area contributed by atoms with Crippen LogP contribution < -0.4 is 21.6 Å². The first-order valence-electron chi connectivity index (χ1n) is 18.1. The number of amides is 3. The lowest BCUT2D eigenvalue weighted by molar-refractivity contribution is -0.130. The van der Waals surface area contributed by atoms with Crippen molar-refractivity contribution in [3.05, 3.63) is 82.0 Å². The molecule has 5 aromatic rings. The molecule has 0 bridgehead atoms. The van der Waals surface area contributed by atoms with E-state index in [0.29, 0.717) is 54.9 Å². The first kappa shape index (κ1) is 36.6. The number of rotatable bonds is 9. The van der Waals surface area contributed by atoms with Gasteiger partial charge < -0.3 is 30.7 Å². The summed E-state index contributed by atoms with van der Waals surface area (Å²) in [5.41, 5.74) is 13.0. The van der Waals surface area contributed by atoms with Gasteiger partial charge in [0.25, 0.3) is 5.91 Å². The number of ether oxygens (including phenoxy) is 1. The third-order valence-electron chi connectivity index (χ3n) is 9.76. The van der Waals surface area contributed by atoms with E-state index >= 15 is 0 Å². The van der Waals surface area contributed by atoms with Crippen LogP contribution in [-0.4, -0.2) is 56.0 Å². The van der Waals surface area contributed by atoms with Crippen LogP contribution in [-0.2, 0) is 20.7 Å². The van der Waals surface area contributed by atoms with Crippen molar-refractivity contribution in [3.63, 3.8) is 0 Å². The highest BCUT2D eigenvalue weighted by Gasteiger charge is 2.35. The number of benzene rings is 3. The summed E-state index contributed by atoms with van der Waals surface area (Å²) in [6, 6.07) is 16.1. The molecular formula is C40H49N7O5. The molecule has 0 saturated heterocycles. The monoisotopic (exact) mass is 707 g/mol. The topological polar surface area (TPSA) is 179 Å². The van der Waals surface area contributed by atoms with Crippen LogP contribution in [0, 0.1) is 18.8 Å². The second kappa shape index (κ2) is 14.8. The lowest BCUT2D eigenvalue weighted by Gasteiger charge is -2.32. The Balaban J connectivity index is 1.17. The van der Waals surface area contributed by atoms with Gasteiger partial charge in [0.15, 0.2) is 0 Å². The van der Waals surface area contributed by atoms with Crippen molar-refractivity contribution < 1.29 is 19.1 Å². The maximum atomic E-state index is 14.2. The number of hydrogen-bond donors (Lipinski definition) is 5. The van der Waals surface area contributed by atoms with Crippen LogP contribution in [0.5, 0.6) is 0 Å². The van der Waals surface area contributed by atoms with Crippen LogP contribution >= 0.6 is 0 Å². The molecule has 0 radical (unpaired) electrons. The number of H-pyrrole nitrogens is 3. The molecule has 1 saturated carbocycles. The Labute approximate surface area is 302 Å². The van der Waals surface area contributed by atoms with Gasteiger partial charge in [-0.3, -0.25) is 9.59 Å². The number of nitrogens with zero attached hydrogens (tertiary/aromatic N) is 2. The lowest BCUT2D eigenvalue weighted by atomic mass is 9.81. The van der Waals surface area contributed by atoms with Gasteiger partial charge in [0.2, 0.25) is 5.91 Å². The summed E-state index contributed by atoms with van der Waals surface area (Å²) < 4.78 is 5.36. The Morgan fingerprint density at radius 1 is 0.942 bits per heavy atom. The lowest BCUT2D eigenvalue weighted by Crippen LogP contribution is -2.50. The van der Waals surface area contributed by atoms with E-state index in [1.165, 1.54) is 4.90 Å². The van der Waals surface area contributed by atoms with Crippen LogP contribution in [0.4, 0.5) is 10.5 Å². The Kier molecular flexibility index (Phi) is 10.4. The van der Waals surface area contributed by atoms with Crippen molar-refractivity contribution in [2.24, 2.45) is 17.6 Å². The molecule has 2 aromatic heterocycles. The number of aryl methyl sites for hydroxylation is 1. The molecule has 0 unspecified atom stereocenters. The van der Waals surface area contributed by atoms with E-state index < -0.39 is 29.6 Å². The molecule has 1 aliphatic rings. The van der Waals surface area contributed by atoms with Crippen molar-refractivity contribution in [3.8, 4) is 11.1 Å². The molecule has 1 atom stereocenters. The molecule has 3 aromatic carbocycles. The van der Waals surface area contributed by atoms with Gasteiger partial charge in [0.1, 0.15) is 11.4 Å². The highest BCUT2D eigenvalue weighted by molar-refractivity contribution is 6.17. The van der Waals surface area contributed by atoms with Gasteiger partial charge in [-0.2, -0.15) is 0 Å². The molecular weight excluding hydrogens is 658 g/mol. The fraction of sp³-hybridized carbons (Fsp3) is 0.425. The average molecular weight is 708 g/mol. The third-order valence-corrected chi connectivity index (χ3v) is 9.76. The molecule has 1 fully saturated rings. The first-order chi connectivity index (χ1) is 24.6. The zero-order chi connectivity index (χ0) is 37.3. The van der Waals surface area contributed by atoms with E-state index in [1.807, 2.05) is 45.0 Å². The predicted molar refractivity (Wildman–Crippen MR) is 203 cm³/mol. The molecule has 12 heteroatoms. The minimum Gasteiger partial charge on any atom is -0.444 e. The van der Waals surface area contributed by atoms with Gasteiger partial charge in [0, 0.05) is 18.4 Å². The van der Waals surface area contributed by atoms with Gasteiger partial charge in [-0.05, 0) is 118 Å². The number of hydrogen-bond acceptors (Lipinski definition) is 7. The number of anilines is 1. The minimum absolute atomic E-state index is 0.190. The zero-order valence-electron chi connectivity index (χ0n) is 30.8. The molecule has 6 N–H and O–H groups in total. The van der Waals surface area contributed by atoms with Gasteiger partial charge in [-0.1, -0.05) is 38.1 Å². The number of imide groups is 1. The smallest absolute Gasteiger partial charge is 0.407 e. The number of carbonyl (C=O) groups excluding carboxylic acids is 3. The number of imidazole rings is 2. The Bertz CT molecular complexity index is 2150. The standard InChI is InChI=1S/C40H49N7O5/c1-22(2)35-43-32-17-23(3)29(20-34(32)44-35)26-11-7-24(8-12-26)18-30(41)37(49)47(28-15-16-31-33(19-28)46-38(50)45-31)36(48)27-13-9-25(10-14-27)21-42-39(51)52-40(4,5)6/h7-8,11-12,15-17,19-20,22,25,27,30H,9-10,13-14,18,21,41H2,1-6H3,(H,42,51)(H,43,44)(H2,45,46,50)/t25-,27-,30-/m0/s1. The van der Waals surface area contributed by atoms with Gasteiger partial charge in [0.05, 0.1) is 33.8 Å². The predicted octanol–water partition coefficient (Wildman–Crippen LogP) is 6.59. The quantitative estimate of drug-likeness (QED) is 0.115. The third kappa shape index (κ3) is 8.28. The highest BCUT2D eigenvalue weighted by Crippen LogP contribution is 2.33. The summed E-state index contributed by atoms with van der Waals surface area (Å²) in [6.45, 7) is 12.2. The molecule has 52 heavy (non-hydrogen) atoms. The molecule has 1 aliphatic carbocycles. The van der Waals surface area contributed by atoms with Crippen LogP contribution in [0.3, 0.4) is 0 Å². The van der Waals surface area contributed by atoms with Crippen molar-refractivity contribution in [2.45, 2.75) is 91.2 Å². The molecule has 2 heterocycles. The Morgan fingerprint density at radius 2 is 1.63 bits per heavy atom. The molecule has 3 amide bonds. The van der Waals surface area contributed by atoms with E-state index in [0.717, 1.165) is 39.1 Å². The van der Waals surface area contributed by atoms with E-state index in [-0.39, 0.29) is 23.9 Å². The van der Waals surface area contributed by atoms with E-state index in [1.54, 1.807) is 18.2 Å². The fourth-order valence-corrected chi connectivity index (χ4v) is 6.96. The number of nitrogens with two attached hydrogens (primary N) is 1. The van der Waals surface area contributed by atoms with Gasteiger partial charge in [-0.15, -0.1) is 0 Å². The number of aromatic nitrogens is 4. The van der Waals surface area contributed by atoms with Crippen molar-refractivity contribution in [2.75, 3.05) is 11.4 Å². The van der Waals surface area contributed by atoms with E-state index in [9.17, 15) is 19.2 Å². The normalized spacial score (nSPS) is 17.0. The number of aromatic amines is 3. The molecule has 274 valence electrons. The Morgan fingerprint density at radius 3 is 2.31 bits per heavy atom. The average Bonchev–Trinajstić information content (AvgIpc) is 3.69. The maximum Gasteiger partial charge on any atom is 0.407 e. The summed E-state index contributed by atoms with van der Waals surface area (Å²) in [6.07, 6.45) is 2.31. The second-order valence-corrected chi connectivity index (χ2v) is 15.4. The fourth-order valence-electron chi connectivity index (χ4n) is 6.96. The Hall–Kier alpha value is -5.23. The maximum absolute atomic E-state index is 14.2. The second-order valence-electron chi connectivity index (χ2n) is 15.4. The van der Waals surface area contributed by atoms with Crippen molar-refractivity contribution in [1.82, 2.24) is 25.3 Å². The molecule has 6 rings (SSSR count). The number of alkyl carbamates (subject to hydrolysis) is 1. The summed E-state index contributed by atoms with van der Waals surface area (Å²) >= 11 is 0. The number of nitrogens with one attached hydrogen (secondary N) is 4. The van der Waals surface area contributed by atoms with E-state index in [2.05, 4.69) is 53.2 Å². The van der Waals surface area contributed by atoms with Gasteiger partial charge in [-0.25, -0.2) is 19.5 Å². The van der Waals surface area contributed by atoms with Crippen LogP contribution in [0.15, 0.2) is 59.4 Å². The molecule has 0 spiro atoms. The number of carbonyl (C=O) groups is 3. The SMILES string of the molecule is Cc1cc2[nH]c(C(C)C)nc2cc1-c1ccc(C[C@H](N)C(=O)N(c2ccc3[nH]c(=O)[nH]c3c2)C(=O)[C@H]2CC[C@H](CNC(=O)OC(C)(C)C)CC2)cc1. The van der Waals surface area contributed by atoms with Crippen molar-refractivity contribution >= 4 is 45.7 Å². The summed E-state index contributed by atoms with van der Waals surface area (Å²) in [4.78, 5) is 67.3. The van der Waals surface area contributed by atoms with E-state index in [4.69, 9.17) is 15.5 Å². The largest absolute Gasteiger partial charge is 0.444 e. The summed E-state index contributed by atoms with van der Waals surface area (Å²) in [5, 5.41) is 2.84. The summed E-state index contributed by atoms with van der Waals surface area (Å²) in [5.74, 6) is 0.200.